The van der Waals surface area contributed by atoms with Crippen molar-refractivity contribution in [3.8, 4) is 6.07 Å². The predicted molar refractivity (Wildman–Crippen MR) is 58.0 cm³/mol. The molecule has 0 fully saturated rings. The van der Waals surface area contributed by atoms with E-state index in [9.17, 15) is 10.1 Å². The summed E-state index contributed by atoms with van der Waals surface area (Å²) in [6, 6.07) is 2.01. The maximum Gasteiger partial charge on any atom is 0.330 e. The average Bonchev–Trinajstić information content (AvgIpc) is 2.62. The van der Waals surface area contributed by atoms with Crippen molar-refractivity contribution in [2.24, 2.45) is 7.05 Å². The lowest BCUT2D eigenvalue weighted by atomic mass is 10.3. The minimum Gasteiger partial charge on any atom is -0.349 e. The second-order valence-electron chi connectivity index (χ2n) is 3.26. The third kappa shape index (κ3) is 2.48. The van der Waals surface area contributed by atoms with E-state index in [1.165, 1.54) is 10.9 Å². The van der Waals surface area contributed by atoms with Gasteiger partial charge < -0.3 is 4.90 Å². The van der Waals surface area contributed by atoms with Crippen LogP contribution in [0.15, 0.2) is 6.20 Å². The highest BCUT2D eigenvalue weighted by atomic mass is 16.6. The van der Waals surface area contributed by atoms with Crippen LogP contribution in [0.5, 0.6) is 0 Å². The molecule has 7 nitrogen and oxygen atoms in total. The van der Waals surface area contributed by atoms with Crippen molar-refractivity contribution in [1.29, 1.82) is 5.26 Å². The van der Waals surface area contributed by atoms with E-state index >= 15 is 0 Å². The van der Waals surface area contributed by atoms with Crippen LogP contribution >= 0.6 is 0 Å². The highest BCUT2D eigenvalue weighted by Gasteiger charge is 2.22. The zero-order valence-electron chi connectivity index (χ0n) is 9.25. The van der Waals surface area contributed by atoms with Crippen molar-refractivity contribution in [2.75, 3.05) is 18.0 Å². The van der Waals surface area contributed by atoms with Crippen molar-refractivity contribution in [3.05, 3.63) is 16.3 Å². The molecule has 86 valence electrons. The SMILES string of the molecule is CCN(CCC#N)c1nn(C)cc1[N+](=O)[O-]. The fourth-order valence-electron chi connectivity index (χ4n) is 1.42. The van der Waals surface area contributed by atoms with Crippen molar-refractivity contribution in [3.63, 3.8) is 0 Å². The van der Waals surface area contributed by atoms with Gasteiger partial charge in [-0.25, -0.2) is 0 Å². The van der Waals surface area contributed by atoms with Gasteiger partial charge in [0.25, 0.3) is 0 Å². The van der Waals surface area contributed by atoms with E-state index in [1.807, 2.05) is 13.0 Å². The van der Waals surface area contributed by atoms with Crippen molar-refractivity contribution < 1.29 is 4.92 Å². The van der Waals surface area contributed by atoms with E-state index in [2.05, 4.69) is 5.10 Å². The van der Waals surface area contributed by atoms with Crippen LogP contribution in [0.1, 0.15) is 13.3 Å². The minimum absolute atomic E-state index is 0.0257. The van der Waals surface area contributed by atoms with Crippen LogP contribution in [0.25, 0.3) is 0 Å². The molecule has 1 rings (SSSR count). The molecule has 0 amide bonds. The number of nitriles is 1. The summed E-state index contributed by atoms with van der Waals surface area (Å²) in [5.74, 6) is 0.324. The number of anilines is 1. The van der Waals surface area contributed by atoms with Crippen molar-refractivity contribution in [1.82, 2.24) is 9.78 Å². The van der Waals surface area contributed by atoms with Crippen molar-refractivity contribution >= 4 is 11.5 Å². The molecule has 1 aromatic rings. The molecule has 0 aliphatic heterocycles. The molecule has 0 spiro atoms. The second-order valence-corrected chi connectivity index (χ2v) is 3.26. The number of nitrogens with zero attached hydrogens (tertiary/aromatic N) is 5. The summed E-state index contributed by atoms with van der Waals surface area (Å²) in [6.45, 7) is 2.90. The summed E-state index contributed by atoms with van der Waals surface area (Å²) in [7, 11) is 1.63. The number of aryl methyl sites for hydroxylation is 1. The largest absolute Gasteiger partial charge is 0.349 e. The first-order valence-corrected chi connectivity index (χ1v) is 4.90. The van der Waals surface area contributed by atoms with Crippen LogP contribution in [0.3, 0.4) is 0 Å². The fraction of sp³-hybridized carbons (Fsp3) is 0.556. The molecule has 0 bridgehead atoms. The number of aromatic nitrogens is 2. The van der Waals surface area contributed by atoms with Gasteiger partial charge in [-0.3, -0.25) is 14.8 Å². The van der Waals surface area contributed by atoms with Gasteiger partial charge in [0.15, 0.2) is 0 Å². The minimum atomic E-state index is -0.461. The molecule has 0 aliphatic rings. The van der Waals surface area contributed by atoms with E-state index < -0.39 is 4.92 Å². The Morgan fingerprint density at radius 3 is 2.94 bits per heavy atom. The molecule has 0 atom stereocenters. The standard InChI is InChI=1S/C9H13N5O2/c1-3-13(6-4-5-10)9-8(14(15)16)7-12(2)11-9/h7H,3-4,6H2,1-2H3. The van der Waals surface area contributed by atoms with Crippen molar-refractivity contribution in [2.45, 2.75) is 13.3 Å². The number of rotatable bonds is 5. The lowest BCUT2D eigenvalue weighted by Crippen LogP contribution is -2.25. The molecule has 0 aliphatic carbocycles. The normalized spacial score (nSPS) is 9.81. The molecule has 7 heteroatoms. The second kappa shape index (κ2) is 5.11. The summed E-state index contributed by atoms with van der Waals surface area (Å²) in [6.07, 6.45) is 1.69. The summed E-state index contributed by atoms with van der Waals surface area (Å²) < 4.78 is 1.41. The van der Waals surface area contributed by atoms with Gasteiger partial charge in [-0.2, -0.15) is 5.26 Å². The van der Waals surface area contributed by atoms with Gasteiger partial charge in [-0.1, -0.05) is 0 Å². The first kappa shape index (κ1) is 12.0. The lowest BCUT2D eigenvalue weighted by Gasteiger charge is -2.17. The maximum atomic E-state index is 10.8. The maximum absolute atomic E-state index is 10.8. The molecular formula is C9H13N5O2. The summed E-state index contributed by atoms with van der Waals surface area (Å²) in [4.78, 5) is 12.1. The van der Waals surface area contributed by atoms with Gasteiger partial charge in [0.1, 0.15) is 6.20 Å². The molecule has 16 heavy (non-hydrogen) atoms. The average molecular weight is 223 g/mol. The first-order chi connectivity index (χ1) is 7.60. The van der Waals surface area contributed by atoms with Gasteiger partial charge >= 0.3 is 5.69 Å². The van der Waals surface area contributed by atoms with Crippen LogP contribution in [0, 0.1) is 21.4 Å². The number of hydrogen-bond acceptors (Lipinski definition) is 5. The fourth-order valence-corrected chi connectivity index (χ4v) is 1.42. The van der Waals surface area contributed by atoms with E-state index in [4.69, 9.17) is 5.26 Å². The molecule has 0 aromatic carbocycles. The molecule has 0 unspecified atom stereocenters. The van der Waals surface area contributed by atoms with E-state index in [1.54, 1.807) is 11.9 Å². The molecule has 1 heterocycles. The molecule has 0 saturated heterocycles. The van der Waals surface area contributed by atoms with Crippen LogP contribution in [0.2, 0.25) is 0 Å². The Bertz CT molecular complexity index is 420. The Labute approximate surface area is 93.0 Å². The Balaban J connectivity index is 2.99. The van der Waals surface area contributed by atoms with Gasteiger partial charge in [0, 0.05) is 20.1 Å². The van der Waals surface area contributed by atoms with Crippen LogP contribution in [-0.2, 0) is 7.05 Å². The zero-order valence-corrected chi connectivity index (χ0v) is 9.25. The van der Waals surface area contributed by atoms with Crippen LogP contribution in [0.4, 0.5) is 11.5 Å². The summed E-state index contributed by atoms with van der Waals surface area (Å²) in [5.41, 5.74) is -0.0257. The van der Waals surface area contributed by atoms with Gasteiger partial charge in [0.2, 0.25) is 5.82 Å². The molecule has 0 N–H and O–H groups in total. The summed E-state index contributed by atoms with van der Waals surface area (Å²) in [5, 5.41) is 23.3. The highest BCUT2D eigenvalue weighted by molar-refractivity contribution is 5.56. The Hall–Kier alpha value is -2.10. The zero-order chi connectivity index (χ0) is 12.1. The van der Waals surface area contributed by atoms with Gasteiger partial charge in [-0.05, 0) is 6.92 Å². The third-order valence-electron chi connectivity index (χ3n) is 2.16. The highest BCUT2D eigenvalue weighted by Crippen LogP contribution is 2.25. The number of nitro groups is 1. The monoisotopic (exact) mass is 223 g/mol. The first-order valence-electron chi connectivity index (χ1n) is 4.90. The molecular weight excluding hydrogens is 210 g/mol. The Morgan fingerprint density at radius 2 is 2.44 bits per heavy atom. The third-order valence-corrected chi connectivity index (χ3v) is 2.16. The van der Waals surface area contributed by atoms with Gasteiger partial charge in [-0.15, -0.1) is 5.10 Å². The van der Waals surface area contributed by atoms with E-state index in [0.717, 1.165) is 0 Å². The van der Waals surface area contributed by atoms with Crippen LogP contribution in [-0.4, -0.2) is 27.8 Å². The van der Waals surface area contributed by atoms with E-state index in [-0.39, 0.29) is 5.69 Å². The molecule has 0 radical (unpaired) electrons. The van der Waals surface area contributed by atoms with E-state index in [0.29, 0.717) is 25.3 Å². The lowest BCUT2D eigenvalue weighted by molar-refractivity contribution is -0.384. The quantitative estimate of drug-likeness (QED) is 0.550. The Kier molecular flexibility index (Phi) is 3.83. The smallest absolute Gasteiger partial charge is 0.330 e. The van der Waals surface area contributed by atoms with Crippen LogP contribution < -0.4 is 4.90 Å². The van der Waals surface area contributed by atoms with Gasteiger partial charge in [0.05, 0.1) is 17.4 Å². The predicted octanol–water partition coefficient (Wildman–Crippen LogP) is 1.07. The number of hydrogen-bond donors (Lipinski definition) is 0. The summed E-state index contributed by atoms with van der Waals surface area (Å²) >= 11 is 0. The molecule has 0 saturated carbocycles. The molecule has 1 aromatic heterocycles. The Morgan fingerprint density at radius 1 is 1.75 bits per heavy atom. The topological polar surface area (TPSA) is 88.0 Å².